The lowest BCUT2D eigenvalue weighted by Crippen LogP contribution is -2.27. The van der Waals surface area contributed by atoms with Crippen molar-refractivity contribution in [3.8, 4) is 11.1 Å². The quantitative estimate of drug-likeness (QED) is 0.457. The normalized spacial score (nSPS) is 12.8. The Kier molecular flexibility index (Phi) is 5.75. The van der Waals surface area contributed by atoms with Crippen LogP contribution in [0.5, 0.6) is 0 Å². The number of hydrogen-bond donors (Lipinski definition) is 2. The summed E-state index contributed by atoms with van der Waals surface area (Å²) in [6.07, 6.45) is 0. The average Bonchev–Trinajstić information content (AvgIpc) is 3.30. The summed E-state index contributed by atoms with van der Waals surface area (Å²) in [6.45, 7) is 9.03. The lowest BCUT2D eigenvalue weighted by molar-refractivity contribution is 0.0620. The number of aromatic nitrogens is 4. The molecule has 0 aliphatic heterocycles. The Morgan fingerprint density at radius 1 is 1.21 bits per heavy atom. The monoisotopic (exact) mass is 451 g/mol. The van der Waals surface area contributed by atoms with E-state index >= 15 is 0 Å². The predicted molar refractivity (Wildman–Crippen MR) is 121 cm³/mol. The molecule has 0 radical (unpaired) electrons. The van der Waals surface area contributed by atoms with Crippen molar-refractivity contribution in [2.75, 3.05) is 0 Å². The number of aliphatic hydroxyl groups is 1. The first-order chi connectivity index (χ1) is 15.5. The molecule has 4 rings (SSSR count). The Morgan fingerprint density at radius 3 is 2.52 bits per heavy atom. The molecule has 1 atom stereocenters. The number of halogens is 1. The summed E-state index contributed by atoms with van der Waals surface area (Å²) in [6, 6.07) is 9.03. The molecule has 0 aliphatic rings. The maximum Gasteiger partial charge on any atom is 0.252 e. The number of benzene rings is 2. The van der Waals surface area contributed by atoms with Gasteiger partial charge in [0.15, 0.2) is 5.82 Å². The molecule has 2 heterocycles. The Labute approximate surface area is 190 Å². The van der Waals surface area contributed by atoms with Gasteiger partial charge in [0.05, 0.1) is 23.2 Å². The van der Waals surface area contributed by atoms with Crippen LogP contribution in [0.3, 0.4) is 0 Å². The average molecular weight is 452 g/mol. The topological polar surface area (TPSA) is 106 Å². The van der Waals surface area contributed by atoms with Crippen LogP contribution in [0.25, 0.3) is 22.2 Å². The molecule has 33 heavy (non-hydrogen) atoms. The minimum atomic E-state index is -0.989. The van der Waals surface area contributed by atoms with Gasteiger partial charge in [-0.15, -0.1) is 0 Å². The molecular weight excluding hydrogens is 425 g/mol. The molecule has 0 unspecified atom stereocenters. The van der Waals surface area contributed by atoms with Gasteiger partial charge in [0.25, 0.3) is 5.91 Å². The molecule has 0 saturated heterocycles. The fourth-order valence-corrected chi connectivity index (χ4v) is 3.74. The molecule has 0 spiro atoms. The highest BCUT2D eigenvalue weighted by molar-refractivity contribution is 6.02. The van der Waals surface area contributed by atoms with Crippen LogP contribution in [-0.2, 0) is 6.54 Å². The number of fused-ring (bicyclic) bond motifs is 1. The fraction of sp³-hybridized carbons (Fsp3) is 0.333. The Morgan fingerprint density at radius 2 is 1.91 bits per heavy atom. The molecule has 2 aromatic heterocycles. The number of hydrogen-bond acceptors (Lipinski definition) is 6. The Balaban J connectivity index is 1.82. The van der Waals surface area contributed by atoms with Gasteiger partial charge in [-0.1, -0.05) is 17.3 Å². The molecule has 1 amide bonds. The van der Waals surface area contributed by atoms with Gasteiger partial charge >= 0.3 is 0 Å². The fourth-order valence-electron chi connectivity index (χ4n) is 3.74. The Bertz CT molecular complexity index is 1320. The highest BCUT2D eigenvalue weighted by atomic mass is 19.1. The lowest BCUT2D eigenvalue weighted by Gasteiger charge is -2.20. The number of imidazole rings is 1. The van der Waals surface area contributed by atoms with Gasteiger partial charge in [-0.2, -0.15) is 4.98 Å². The molecular formula is C24H26FN5O3. The van der Waals surface area contributed by atoms with E-state index in [9.17, 15) is 14.3 Å². The second kappa shape index (κ2) is 8.40. The zero-order chi connectivity index (χ0) is 23.9. The molecule has 2 aromatic carbocycles. The smallest absolute Gasteiger partial charge is 0.252 e. The van der Waals surface area contributed by atoms with Crippen LogP contribution >= 0.6 is 0 Å². The summed E-state index contributed by atoms with van der Waals surface area (Å²) in [5.74, 6) is 0.803. The molecule has 8 nitrogen and oxygen atoms in total. The Hall–Kier alpha value is -3.59. The van der Waals surface area contributed by atoms with Crippen LogP contribution in [0.1, 0.15) is 54.7 Å². The third kappa shape index (κ3) is 4.78. The van der Waals surface area contributed by atoms with Gasteiger partial charge in [0.1, 0.15) is 17.7 Å². The van der Waals surface area contributed by atoms with Crippen LogP contribution in [0.15, 0.2) is 40.9 Å². The van der Waals surface area contributed by atoms with E-state index in [1.807, 2.05) is 11.5 Å². The first-order valence-electron chi connectivity index (χ1n) is 10.6. The van der Waals surface area contributed by atoms with Crippen molar-refractivity contribution >= 4 is 16.9 Å². The molecule has 9 heteroatoms. The third-order valence-corrected chi connectivity index (χ3v) is 5.27. The van der Waals surface area contributed by atoms with Gasteiger partial charge in [0, 0.05) is 11.1 Å². The van der Waals surface area contributed by atoms with E-state index in [2.05, 4.69) is 15.5 Å². The summed E-state index contributed by atoms with van der Waals surface area (Å²) in [5.41, 5.74) is 2.18. The predicted octanol–water partition coefficient (Wildman–Crippen LogP) is 4.10. The molecule has 2 N–H and O–H groups in total. The molecule has 4 aromatic rings. The molecule has 0 bridgehead atoms. The van der Waals surface area contributed by atoms with Crippen molar-refractivity contribution in [3.05, 3.63) is 65.3 Å². The van der Waals surface area contributed by atoms with Crippen LogP contribution < -0.4 is 5.32 Å². The highest BCUT2D eigenvalue weighted by Crippen LogP contribution is 2.32. The molecule has 0 aliphatic carbocycles. The van der Waals surface area contributed by atoms with E-state index in [-0.39, 0.29) is 11.7 Å². The van der Waals surface area contributed by atoms with Crippen LogP contribution in [0.2, 0.25) is 0 Å². The van der Waals surface area contributed by atoms with Crippen LogP contribution in [0, 0.1) is 19.7 Å². The number of nitrogens with zero attached hydrogens (tertiary/aromatic N) is 4. The molecule has 0 fully saturated rings. The number of rotatable bonds is 6. The van der Waals surface area contributed by atoms with Crippen molar-refractivity contribution in [2.24, 2.45) is 0 Å². The van der Waals surface area contributed by atoms with E-state index in [4.69, 9.17) is 9.51 Å². The number of amides is 1. The summed E-state index contributed by atoms with van der Waals surface area (Å²) >= 11 is 0. The number of nitrogens with one attached hydrogen (secondary N) is 1. The second-order valence-electron chi connectivity index (χ2n) is 8.83. The number of aryl methyl sites for hydroxylation is 2. The minimum Gasteiger partial charge on any atom is -0.389 e. The summed E-state index contributed by atoms with van der Waals surface area (Å²) in [5, 5.41) is 17.1. The third-order valence-electron chi connectivity index (χ3n) is 5.27. The zero-order valence-corrected chi connectivity index (χ0v) is 19.2. The summed E-state index contributed by atoms with van der Waals surface area (Å²) < 4.78 is 20.6. The molecule has 0 saturated carbocycles. The zero-order valence-electron chi connectivity index (χ0n) is 19.2. The van der Waals surface area contributed by atoms with Crippen molar-refractivity contribution in [1.82, 2.24) is 25.0 Å². The summed E-state index contributed by atoms with van der Waals surface area (Å²) in [4.78, 5) is 22.0. The first kappa shape index (κ1) is 22.6. The van der Waals surface area contributed by atoms with Gasteiger partial charge < -0.3 is 19.5 Å². The number of carbonyl (C=O) groups is 1. The van der Waals surface area contributed by atoms with E-state index in [0.717, 1.165) is 5.56 Å². The second-order valence-corrected chi connectivity index (χ2v) is 8.83. The maximum absolute atomic E-state index is 13.6. The highest BCUT2D eigenvalue weighted by Gasteiger charge is 2.23. The van der Waals surface area contributed by atoms with Crippen molar-refractivity contribution < 1.29 is 18.8 Å². The van der Waals surface area contributed by atoms with Gasteiger partial charge in [-0.3, -0.25) is 4.79 Å². The van der Waals surface area contributed by atoms with E-state index in [1.165, 1.54) is 12.1 Å². The van der Waals surface area contributed by atoms with E-state index < -0.39 is 11.6 Å². The van der Waals surface area contributed by atoms with Gasteiger partial charge in [0.2, 0.25) is 5.89 Å². The van der Waals surface area contributed by atoms with Crippen molar-refractivity contribution in [2.45, 2.75) is 52.8 Å². The maximum atomic E-state index is 13.6. The van der Waals surface area contributed by atoms with E-state index in [1.54, 1.807) is 52.0 Å². The SMILES string of the molecule is Cc1noc([C@@H](C)NC(=O)c2cc(-c3ccc(F)cc3)c3nc(C)n(CC(C)(C)O)c3c2)n1. The van der Waals surface area contributed by atoms with E-state index in [0.29, 0.717) is 46.2 Å². The first-order valence-corrected chi connectivity index (χ1v) is 10.6. The standard InChI is InChI=1S/C24H26FN5O3/c1-13(23-27-14(2)29-33-23)26-22(31)17-10-19(16-6-8-18(25)9-7-16)21-20(11-17)30(15(3)28-21)12-24(4,5)32/h6-11,13,32H,12H2,1-5H3,(H,26,31)/t13-/m1/s1. The van der Waals surface area contributed by atoms with Crippen LogP contribution in [0.4, 0.5) is 4.39 Å². The van der Waals surface area contributed by atoms with Crippen LogP contribution in [-0.4, -0.2) is 36.3 Å². The minimum absolute atomic E-state index is 0.293. The largest absolute Gasteiger partial charge is 0.389 e. The molecule has 172 valence electrons. The van der Waals surface area contributed by atoms with Crippen molar-refractivity contribution in [1.29, 1.82) is 0 Å². The lowest BCUT2D eigenvalue weighted by atomic mass is 10.00. The number of carbonyl (C=O) groups excluding carboxylic acids is 1. The summed E-state index contributed by atoms with van der Waals surface area (Å²) in [7, 11) is 0. The van der Waals surface area contributed by atoms with Gasteiger partial charge in [-0.25, -0.2) is 9.37 Å². The van der Waals surface area contributed by atoms with Crippen molar-refractivity contribution in [3.63, 3.8) is 0 Å². The van der Waals surface area contributed by atoms with Gasteiger partial charge in [-0.05, 0) is 64.4 Å².